The normalized spacial score (nSPS) is 45.0. The Hall–Kier alpha value is -1.46. The molecule has 1 saturated heterocycles. The van der Waals surface area contributed by atoms with Crippen LogP contribution in [0.25, 0.3) is 0 Å². The largest absolute Gasteiger partial charge is 0.385 e. The van der Waals surface area contributed by atoms with Crippen LogP contribution in [0.3, 0.4) is 0 Å². The third-order valence-electron chi connectivity index (χ3n) is 11.1. The van der Waals surface area contributed by atoms with Crippen LogP contribution in [-0.4, -0.2) is 53.1 Å². The fraction of sp³-hybridized carbons (Fsp3) is 0.677. The minimum Gasteiger partial charge on any atom is -0.385 e. The molecule has 4 aliphatic carbocycles. The Bertz CT molecular complexity index is 1000. The molecule has 1 heterocycles. The van der Waals surface area contributed by atoms with Gasteiger partial charge in [0.05, 0.1) is 18.3 Å². The van der Waals surface area contributed by atoms with E-state index < -0.39 is 16.6 Å². The zero-order chi connectivity index (χ0) is 24.3. The molecule has 35 heavy (non-hydrogen) atoms. The first kappa shape index (κ1) is 23.9. The summed E-state index contributed by atoms with van der Waals surface area (Å²) in [5, 5.41) is 24.3. The smallest absolute Gasteiger partial charge is 0.116 e. The first-order valence-electron chi connectivity index (χ1n) is 14.1. The maximum atomic E-state index is 12.3. The van der Waals surface area contributed by atoms with Crippen LogP contribution in [0, 0.1) is 22.7 Å². The lowest BCUT2D eigenvalue weighted by Crippen LogP contribution is -2.64. The number of hydrogen-bond acceptors (Lipinski definition) is 4. The molecule has 4 nitrogen and oxygen atoms in total. The first-order valence-corrected chi connectivity index (χ1v) is 14.1. The number of nitrogens with zero attached hydrogens (tertiary/aromatic N) is 1. The summed E-state index contributed by atoms with van der Waals surface area (Å²) >= 11 is 0. The van der Waals surface area contributed by atoms with Crippen molar-refractivity contribution in [2.24, 2.45) is 22.7 Å². The maximum absolute atomic E-state index is 12.3. The molecular formula is C31H43NO3. The van der Waals surface area contributed by atoms with Gasteiger partial charge >= 0.3 is 0 Å². The van der Waals surface area contributed by atoms with Gasteiger partial charge in [-0.05, 0) is 93.3 Å². The molecule has 6 rings (SSSR count). The lowest BCUT2D eigenvalue weighted by atomic mass is 9.44. The zero-order valence-corrected chi connectivity index (χ0v) is 21.6. The predicted molar refractivity (Wildman–Crippen MR) is 139 cm³/mol. The highest BCUT2D eigenvalue weighted by Gasteiger charge is 2.69. The van der Waals surface area contributed by atoms with Gasteiger partial charge in [-0.3, -0.25) is 0 Å². The molecule has 190 valence electrons. The Morgan fingerprint density at radius 1 is 0.943 bits per heavy atom. The Morgan fingerprint density at radius 3 is 2.49 bits per heavy atom. The van der Waals surface area contributed by atoms with Gasteiger partial charge in [0, 0.05) is 12.0 Å². The highest BCUT2D eigenvalue weighted by atomic mass is 16.5. The molecule has 1 aliphatic heterocycles. The number of aliphatic hydroxyl groups is 2. The second kappa shape index (κ2) is 8.55. The van der Waals surface area contributed by atoms with E-state index in [1.165, 1.54) is 25.9 Å². The van der Waals surface area contributed by atoms with Gasteiger partial charge in [-0.2, -0.15) is 0 Å². The van der Waals surface area contributed by atoms with Crippen molar-refractivity contribution in [3.8, 4) is 0 Å². The molecule has 0 spiro atoms. The topological polar surface area (TPSA) is 52.9 Å². The summed E-state index contributed by atoms with van der Waals surface area (Å²) in [7, 11) is 0. The molecule has 0 radical (unpaired) electrons. The molecule has 4 heteroatoms. The zero-order valence-electron chi connectivity index (χ0n) is 21.6. The fourth-order valence-electron chi connectivity index (χ4n) is 8.76. The second-order valence-corrected chi connectivity index (χ2v) is 12.5. The van der Waals surface area contributed by atoms with Crippen LogP contribution in [-0.2, 0) is 10.3 Å². The summed E-state index contributed by atoms with van der Waals surface area (Å²) in [5.41, 5.74) is -0.165. The Morgan fingerprint density at radius 2 is 1.71 bits per heavy atom. The van der Waals surface area contributed by atoms with E-state index in [0.29, 0.717) is 5.92 Å². The minimum atomic E-state index is -1.13. The summed E-state index contributed by atoms with van der Waals surface area (Å²) in [4.78, 5) is 2.52. The number of fused-ring (bicyclic) bond motifs is 5. The van der Waals surface area contributed by atoms with Crippen molar-refractivity contribution in [2.45, 2.75) is 82.5 Å². The van der Waals surface area contributed by atoms with Crippen molar-refractivity contribution >= 4 is 0 Å². The lowest BCUT2D eigenvalue weighted by Gasteiger charge is -2.62. The van der Waals surface area contributed by atoms with Gasteiger partial charge < -0.3 is 19.8 Å². The molecular weight excluding hydrogens is 434 g/mol. The van der Waals surface area contributed by atoms with Crippen LogP contribution in [0.1, 0.15) is 70.8 Å². The van der Waals surface area contributed by atoms with E-state index in [1.54, 1.807) is 5.57 Å². The number of likely N-dealkylation sites (tertiary alicyclic amines) is 1. The Balaban J connectivity index is 1.21. The van der Waals surface area contributed by atoms with Crippen LogP contribution in [0.15, 0.2) is 54.1 Å². The molecule has 1 aromatic carbocycles. The number of rotatable bonds is 5. The van der Waals surface area contributed by atoms with Crippen molar-refractivity contribution in [3.05, 3.63) is 59.7 Å². The lowest BCUT2D eigenvalue weighted by molar-refractivity contribution is -0.209. The fourth-order valence-corrected chi connectivity index (χ4v) is 8.76. The summed E-state index contributed by atoms with van der Waals surface area (Å²) in [5.74, 6) is 0.610. The van der Waals surface area contributed by atoms with Gasteiger partial charge in [-0.25, -0.2) is 0 Å². The van der Waals surface area contributed by atoms with Crippen molar-refractivity contribution in [1.29, 1.82) is 0 Å². The van der Waals surface area contributed by atoms with Crippen molar-refractivity contribution in [3.63, 3.8) is 0 Å². The van der Waals surface area contributed by atoms with Gasteiger partial charge in [0.2, 0.25) is 0 Å². The summed E-state index contributed by atoms with van der Waals surface area (Å²) in [6, 6.07) is 9.96. The molecule has 2 N–H and O–H groups in total. The quantitative estimate of drug-likeness (QED) is 0.572. The van der Waals surface area contributed by atoms with E-state index >= 15 is 0 Å². The van der Waals surface area contributed by atoms with Gasteiger partial charge in [0.25, 0.3) is 0 Å². The average Bonchev–Trinajstić information content (AvgIpc) is 3.46. The van der Waals surface area contributed by atoms with Crippen molar-refractivity contribution in [1.82, 2.24) is 4.90 Å². The molecule has 0 amide bonds. The van der Waals surface area contributed by atoms with E-state index in [2.05, 4.69) is 24.8 Å². The SMILES string of the molecule is C[C@]12CC[C@H]3[C@@H](CCC4=C[C@@H](OCCN5CCCC5)CC[C@@]43C)[C@@]1(O)C=C[C@]2(O)c1ccccc1. The molecule has 5 aliphatic rings. The third kappa shape index (κ3) is 3.47. The standard InChI is InChI=1S/C31H43NO3/c1-28-14-12-25(35-21-20-32-18-6-7-19-32)22-24(28)10-11-27-26(28)13-15-29(2)30(33,16-17-31(27,29)34)23-8-4-3-5-9-23/h3-5,8-9,16-17,22,25-27,33-34H,6-7,10-15,18-21H2,1-2H3/t25-,26-,27+,28-,29+,30-,31-/m0/s1. The Labute approximate surface area is 211 Å². The van der Waals surface area contributed by atoms with E-state index in [0.717, 1.165) is 57.2 Å². The van der Waals surface area contributed by atoms with Gasteiger partial charge in [-0.15, -0.1) is 0 Å². The van der Waals surface area contributed by atoms with Crippen molar-refractivity contribution in [2.75, 3.05) is 26.2 Å². The number of hydrogen-bond donors (Lipinski definition) is 2. The summed E-state index contributed by atoms with van der Waals surface area (Å²) in [6.07, 6.45) is 15.3. The summed E-state index contributed by atoms with van der Waals surface area (Å²) in [6.45, 7) is 8.92. The van der Waals surface area contributed by atoms with E-state index in [9.17, 15) is 10.2 Å². The second-order valence-electron chi connectivity index (χ2n) is 12.5. The molecule has 0 aromatic heterocycles. The summed E-state index contributed by atoms with van der Waals surface area (Å²) < 4.78 is 6.34. The number of benzene rings is 1. The third-order valence-corrected chi connectivity index (χ3v) is 11.1. The maximum Gasteiger partial charge on any atom is 0.116 e. The van der Waals surface area contributed by atoms with Crippen LogP contribution >= 0.6 is 0 Å². The molecule has 1 aromatic rings. The molecule has 7 atom stereocenters. The van der Waals surface area contributed by atoms with Crippen LogP contribution in [0.2, 0.25) is 0 Å². The molecule has 0 bridgehead atoms. The van der Waals surface area contributed by atoms with Gasteiger partial charge in [0.15, 0.2) is 0 Å². The average molecular weight is 478 g/mol. The molecule has 2 saturated carbocycles. The minimum absolute atomic E-state index is 0.121. The molecule has 0 unspecified atom stereocenters. The monoisotopic (exact) mass is 477 g/mol. The van der Waals surface area contributed by atoms with Crippen LogP contribution in [0.5, 0.6) is 0 Å². The molecule has 3 fully saturated rings. The van der Waals surface area contributed by atoms with Crippen LogP contribution < -0.4 is 0 Å². The van der Waals surface area contributed by atoms with Gasteiger partial charge in [0.1, 0.15) is 5.60 Å². The van der Waals surface area contributed by atoms with E-state index in [1.807, 2.05) is 42.5 Å². The number of allylic oxidation sites excluding steroid dienone is 1. The van der Waals surface area contributed by atoms with Crippen LogP contribution in [0.4, 0.5) is 0 Å². The van der Waals surface area contributed by atoms with Gasteiger partial charge in [-0.1, -0.05) is 61.9 Å². The highest BCUT2D eigenvalue weighted by Crippen LogP contribution is 2.69. The number of ether oxygens (including phenoxy) is 1. The van der Waals surface area contributed by atoms with Crippen molar-refractivity contribution < 1.29 is 14.9 Å². The first-order chi connectivity index (χ1) is 16.8. The highest BCUT2D eigenvalue weighted by molar-refractivity contribution is 5.42. The Kier molecular flexibility index (Phi) is 5.84. The van der Waals surface area contributed by atoms with E-state index in [-0.39, 0.29) is 17.4 Å². The predicted octanol–water partition coefficient (Wildman–Crippen LogP) is 5.21. The van der Waals surface area contributed by atoms with E-state index in [4.69, 9.17) is 4.74 Å².